The van der Waals surface area contributed by atoms with Crippen LogP contribution in [0.15, 0.2) is 30.3 Å². The third-order valence-corrected chi connectivity index (χ3v) is 4.69. The second kappa shape index (κ2) is 4.08. The second-order valence-electron chi connectivity index (χ2n) is 3.35. The van der Waals surface area contributed by atoms with Crippen LogP contribution in [0.1, 0.15) is 16.7 Å². The third kappa shape index (κ3) is 1.54. The van der Waals surface area contributed by atoms with E-state index in [2.05, 4.69) is 36.4 Å². The quantitative estimate of drug-likeness (QED) is 0.703. The van der Waals surface area contributed by atoms with Crippen LogP contribution in [-0.4, -0.2) is 23.5 Å². The summed E-state index contributed by atoms with van der Waals surface area (Å²) < 4.78 is 10.8. The van der Waals surface area contributed by atoms with Crippen molar-refractivity contribution in [3.8, 4) is 0 Å². The average Bonchev–Trinajstić information content (AvgIpc) is 2.65. The van der Waals surface area contributed by atoms with Crippen molar-refractivity contribution >= 4 is 15.4 Å². The maximum atomic E-state index is 5.41. The molecule has 2 nitrogen and oxygen atoms in total. The molecule has 1 unspecified atom stereocenters. The van der Waals surface area contributed by atoms with Gasteiger partial charge in [-0.15, -0.1) is 0 Å². The molecule has 0 radical (unpaired) electrons. The maximum Gasteiger partial charge on any atom is 0.332 e. The number of hydrogen-bond donors (Lipinski definition) is 0. The van der Waals surface area contributed by atoms with E-state index in [0.717, 1.165) is 0 Å². The summed E-state index contributed by atoms with van der Waals surface area (Å²) in [5.41, 5.74) is 3.00. The van der Waals surface area contributed by atoms with Gasteiger partial charge in [0.1, 0.15) is 0 Å². The fourth-order valence-electron chi connectivity index (χ4n) is 1.90. The minimum Gasteiger partial charge on any atom is -0.399 e. The standard InChI is InChI=1S/C11H14O2Si/c1-12-14(13-2)11-8-7-9-5-3-4-6-10(9)11/h3-8,11,14H,1-2H3. The van der Waals surface area contributed by atoms with Gasteiger partial charge in [-0.25, -0.2) is 0 Å². The Kier molecular flexibility index (Phi) is 2.81. The lowest BCUT2D eigenvalue weighted by Crippen LogP contribution is -2.26. The lowest BCUT2D eigenvalue weighted by Gasteiger charge is -2.17. The van der Waals surface area contributed by atoms with Crippen LogP contribution in [0.5, 0.6) is 0 Å². The van der Waals surface area contributed by atoms with Gasteiger partial charge in [-0.2, -0.15) is 0 Å². The van der Waals surface area contributed by atoms with Crippen LogP contribution in [0.25, 0.3) is 6.08 Å². The molecule has 0 amide bonds. The van der Waals surface area contributed by atoms with Gasteiger partial charge in [0.15, 0.2) is 0 Å². The van der Waals surface area contributed by atoms with Crippen molar-refractivity contribution in [3.63, 3.8) is 0 Å². The molecule has 2 rings (SSSR count). The predicted molar refractivity (Wildman–Crippen MR) is 59.4 cm³/mol. The van der Waals surface area contributed by atoms with Crippen molar-refractivity contribution in [3.05, 3.63) is 41.5 Å². The summed E-state index contributed by atoms with van der Waals surface area (Å²) in [6.45, 7) is 0. The average molecular weight is 206 g/mol. The molecular formula is C11H14O2Si. The fourth-order valence-corrected chi connectivity index (χ4v) is 3.57. The summed E-state index contributed by atoms with van der Waals surface area (Å²) >= 11 is 0. The highest BCUT2D eigenvalue weighted by Crippen LogP contribution is 2.31. The van der Waals surface area contributed by atoms with E-state index >= 15 is 0 Å². The summed E-state index contributed by atoms with van der Waals surface area (Å²) in [5, 5.41) is 0. The molecule has 0 spiro atoms. The first-order valence-corrected chi connectivity index (χ1v) is 6.30. The second-order valence-corrected chi connectivity index (χ2v) is 5.75. The summed E-state index contributed by atoms with van der Waals surface area (Å²) in [6, 6.07) is 8.40. The highest BCUT2D eigenvalue weighted by molar-refractivity contribution is 6.47. The highest BCUT2D eigenvalue weighted by atomic mass is 28.3. The van der Waals surface area contributed by atoms with Gasteiger partial charge < -0.3 is 8.85 Å². The Bertz CT molecular complexity index is 345. The Morgan fingerprint density at radius 3 is 2.57 bits per heavy atom. The minimum absolute atomic E-state index is 0.362. The number of allylic oxidation sites excluding steroid dienone is 1. The Morgan fingerprint density at radius 2 is 1.86 bits per heavy atom. The largest absolute Gasteiger partial charge is 0.399 e. The molecule has 74 valence electrons. The Hall–Kier alpha value is -0.903. The number of rotatable bonds is 3. The normalized spacial score (nSPS) is 18.9. The first-order chi connectivity index (χ1) is 6.86. The van der Waals surface area contributed by atoms with Crippen molar-refractivity contribution in [1.82, 2.24) is 0 Å². The molecule has 0 bridgehead atoms. The third-order valence-electron chi connectivity index (χ3n) is 2.60. The monoisotopic (exact) mass is 206 g/mol. The van der Waals surface area contributed by atoms with Crippen LogP contribution >= 0.6 is 0 Å². The molecule has 1 aromatic rings. The fraction of sp³-hybridized carbons (Fsp3) is 0.273. The van der Waals surface area contributed by atoms with E-state index in [1.165, 1.54) is 11.1 Å². The molecule has 0 N–H and O–H groups in total. The van der Waals surface area contributed by atoms with Crippen molar-refractivity contribution < 1.29 is 8.85 Å². The van der Waals surface area contributed by atoms with Crippen LogP contribution in [0.3, 0.4) is 0 Å². The van der Waals surface area contributed by atoms with Crippen LogP contribution < -0.4 is 0 Å². The van der Waals surface area contributed by atoms with E-state index in [0.29, 0.717) is 5.54 Å². The van der Waals surface area contributed by atoms with E-state index < -0.39 is 9.28 Å². The van der Waals surface area contributed by atoms with Gasteiger partial charge in [-0.05, 0) is 11.1 Å². The molecule has 1 atom stereocenters. The summed E-state index contributed by atoms with van der Waals surface area (Å²) in [7, 11) is 1.89. The maximum absolute atomic E-state index is 5.41. The van der Waals surface area contributed by atoms with Gasteiger partial charge in [0, 0.05) is 19.8 Å². The van der Waals surface area contributed by atoms with E-state index in [-0.39, 0.29) is 0 Å². The van der Waals surface area contributed by atoms with Gasteiger partial charge in [-0.3, -0.25) is 0 Å². The zero-order chi connectivity index (χ0) is 9.97. The molecule has 0 aliphatic heterocycles. The SMILES string of the molecule is CO[SiH](OC)C1C=Cc2ccccc21. The van der Waals surface area contributed by atoms with Gasteiger partial charge in [0.25, 0.3) is 0 Å². The Labute approximate surface area is 86.0 Å². The summed E-state index contributed by atoms with van der Waals surface area (Å²) in [6.07, 6.45) is 4.34. The van der Waals surface area contributed by atoms with Crippen molar-refractivity contribution in [2.45, 2.75) is 5.54 Å². The van der Waals surface area contributed by atoms with Gasteiger partial charge in [0.05, 0.1) is 0 Å². The molecule has 0 saturated heterocycles. The minimum atomic E-state index is -1.57. The number of hydrogen-bond acceptors (Lipinski definition) is 2. The zero-order valence-corrected chi connectivity index (χ0v) is 9.59. The molecule has 0 heterocycles. The molecule has 0 fully saturated rings. The Morgan fingerprint density at radius 1 is 1.14 bits per heavy atom. The number of fused-ring (bicyclic) bond motifs is 1. The summed E-state index contributed by atoms with van der Waals surface area (Å²) in [5.74, 6) is 0. The van der Waals surface area contributed by atoms with Crippen LogP contribution in [0.4, 0.5) is 0 Å². The van der Waals surface area contributed by atoms with Crippen molar-refractivity contribution in [1.29, 1.82) is 0 Å². The smallest absolute Gasteiger partial charge is 0.332 e. The molecule has 1 aliphatic carbocycles. The molecule has 1 aliphatic rings. The number of benzene rings is 1. The molecule has 14 heavy (non-hydrogen) atoms. The van der Waals surface area contributed by atoms with Crippen molar-refractivity contribution in [2.24, 2.45) is 0 Å². The van der Waals surface area contributed by atoms with Gasteiger partial charge in [0.2, 0.25) is 0 Å². The van der Waals surface area contributed by atoms with E-state index in [4.69, 9.17) is 8.85 Å². The topological polar surface area (TPSA) is 18.5 Å². The first-order valence-electron chi connectivity index (χ1n) is 4.69. The van der Waals surface area contributed by atoms with Crippen LogP contribution in [0, 0.1) is 0 Å². The van der Waals surface area contributed by atoms with Crippen LogP contribution in [-0.2, 0) is 8.85 Å². The van der Waals surface area contributed by atoms with Crippen LogP contribution in [0.2, 0.25) is 0 Å². The molecule has 1 aromatic carbocycles. The molecule has 3 heteroatoms. The van der Waals surface area contributed by atoms with E-state index in [9.17, 15) is 0 Å². The lowest BCUT2D eigenvalue weighted by molar-refractivity contribution is 0.272. The van der Waals surface area contributed by atoms with Gasteiger partial charge >= 0.3 is 9.28 Å². The van der Waals surface area contributed by atoms with Gasteiger partial charge in [-0.1, -0.05) is 36.4 Å². The Balaban J connectivity index is 2.29. The molecule has 0 aromatic heterocycles. The highest BCUT2D eigenvalue weighted by Gasteiger charge is 2.28. The van der Waals surface area contributed by atoms with E-state index in [1.807, 2.05) is 0 Å². The summed E-state index contributed by atoms with van der Waals surface area (Å²) in [4.78, 5) is 0. The molecule has 0 saturated carbocycles. The van der Waals surface area contributed by atoms with E-state index in [1.54, 1.807) is 14.2 Å². The lowest BCUT2D eigenvalue weighted by atomic mass is 10.1. The van der Waals surface area contributed by atoms with Crippen molar-refractivity contribution in [2.75, 3.05) is 14.2 Å². The first kappa shape index (κ1) is 9.64. The zero-order valence-electron chi connectivity index (χ0n) is 8.44. The molecular weight excluding hydrogens is 192 g/mol. The predicted octanol–water partition coefficient (Wildman–Crippen LogP) is 1.85.